The van der Waals surface area contributed by atoms with Gasteiger partial charge < -0.3 is 10.8 Å². The lowest BCUT2D eigenvalue weighted by Gasteiger charge is -2.48. The van der Waals surface area contributed by atoms with E-state index < -0.39 is 5.60 Å². The molecule has 0 aliphatic heterocycles. The monoisotopic (exact) mass is 233 g/mol. The Bertz CT molecular complexity index is 362. The van der Waals surface area contributed by atoms with Crippen LogP contribution >= 0.6 is 0 Å². The second-order valence-electron chi connectivity index (χ2n) is 6.00. The van der Waals surface area contributed by atoms with E-state index in [0.29, 0.717) is 6.42 Å². The van der Waals surface area contributed by atoms with Crippen LogP contribution in [0.15, 0.2) is 30.3 Å². The molecule has 3 N–H and O–H groups in total. The van der Waals surface area contributed by atoms with E-state index in [0.717, 1.165) is 12.8 Å². The lowest BCUT2D eigenvalue weighted by molar-refractivity contribution is 0.0411. The fourth-order valence-corrected chi connectivity index (χ4v) is 2.93. The lowest BCUT2D eigenvalue weighted by atomic mass is 9.59. The molecule has 2 heteroatoms. The fourth-order valence-electron chi connectivity index (χ4n) is 2.93. The van der Waals surface area contributed by atoms with Crippen LogP contribution in [0.4, 0.5) is 0 Å². The molecule has 1 aliphatic rings. The molecule has 0 heterocycles. The van der Waals surface area contributed by atoms with Gasteiger partial charge in [0, 0.05) is 11.5 Å². The standard InChI is InChI=1S/C15H23NO/c1-14(2,17)11-13(16)15(9-6-10-15)12-7-4-3-5-8-12/h3-5,7-8,13,17H,6,9-11,16H2,1-2H3. The molecule has 94 valence electrons. The first-order valence-electron chi connectivity index (χ1n) is 6.48. The summed E-state index contributed by atoms with van der Waals surface area (Å²) in [6.07, 6.45) is 4.19. The molecule has 1 fully saturated rings. The first kappa shape index (κ1) is 12.6. The highest BCUT2D eigenvalue weighted by atomic mass is 16.3. The Morgan fingerprint density at radius 2 is 1.88 bits per heavy atom. The predicted octanol–water partition coefficient (Wildman–Crippen LogP) is 2.60. The molecule has 2 rings (SSSR count). The third-order valence-electron chi connectivity index (χ3n) is 4.02. The number of aliphatic hydroxyl groups is 1. The molecule has 0 spiro atoms. The van der Waals surface area contributed by atoms with Crippen molar-refractivity contribution < 1.29 is 5.11 Å². The van der Waals surface area contributed by atoms with Crippen LogP contribution in [0.25, 0.3) is 0 Å². The summed E-state index contributed by atoms with van der Waals surface area (Å²) in [7, 11) is 0. The van der Waals surface area contributed by atoms with Crippen LogP contribution in [0.3, 0.4) is 0 Å². The summed E-state index contributed by atoms with van der Waals surface area (Å²) < 4.78 is 0. The predicted molar refractivity (Wildman–Crippen MR) is 70.9 cm³/mol. The van der Waals surface area contributed by atoms with E-state index in [4.69, 9.17) is 5.73 Å². The average molecular weight is 233 g/mol. The minimum atomic E-state index is -0.684. The van der Waals surface area contributed by atoms with Crippen molar-refractivity contribution in [3.05, 3.63) is 35.9 Å². The molecule has 0 amide bonds. The van der Waals surface area contributed by atoms with Crippen LogP contribution in [-0.4, -0.2) is 16.7 Å². The molecule has 17 heavy (non-hydrogen) atoms. The largest absolute Gasteiger partial charge is 0.390 e. The van der Waals surface area contributed by atoms with Gasteiger partial charge in [0.25, 0.3) is 0 Å². The van der Waals surface area contributed by atoms with Crippen molar-refractivity contribution in [2.24, 2.45) is 5.73 Å². The zero-order valence-corrected chi connectivity index (χ0v) is 10.8. The molecule has 1 aliphatic carbocycles. The van der Waals surface area contributed by atoms with E-state index >= 15 is 0 Å². The van der Waals surface area contributed by atoms with E-state index in [9.17, 15) is 5.11 Å². The van der Waals surface area contributed by atoms with E-state index in [1.807, 2.05) is 19.9 Å². The first-order chi connectivity index (χ1) is 7.94. The molecule has 0 radical (unpaired) electrons. The molecule has 1 atom stereocenters. The van der Waals surface area contributed by atoms with Crippen LogP contribution < -0.4 is 5.73 Å². The Kier molecular flexibility index (Phi) is 3.28. The molecule has 0 bridgehead atoms. The third-order valence-corrected chi connectivity index (χ3v) is 4.02. The maximum Gasteiger partial charge on any atom is 0.0606 e. The molecular formula is C15H23NO. The van der Waals surface area contributed by atoms with Crippen LogP contribution in [0.1, 0.15) is 45.1 Å². The summed E-state index contributed by atoms with van der Waals surface area (Å²) in [4.78, 5) is 0. The van der Waals surface area contributed by atoms with E-state index in [1.54, 1.807) is 0 Å². The molecule has 2 nitrogen and oxygen atoms in total. The van der Waals surface area contributed by atoms with Crippen LogP contribution in [-0.2, 0) is 5.41 Å². The first-order valence-corrected chi connectivity index (χ1v) is 6.48. The van der Waals surface area contributed by atoms with Crippen molar-refractivity contribution in [3.8, 4) is 0 Å². The Balaban J connectivity index is 2.21. The zero-order chi connectivity index (χ0) is 12.5. The maximum atomic E-state index is 9.94. The summed E-state index contributed by atoms with van der Waals surface area (Å²) in [5.74, 6) is 0. The minimum absolute atomic E-state index is 0.0404. The Morgan fingerprint density at radius 1 is 1.29 bits per heavy atom. The van der Waals surface area contributed by atoms with Gasteiger partial charge in [0.15, 0.2) is 0 Å². The summed E-state index contributed by atoms with van der Waals surface area (Å²) in [5, 5.41) is 9.94. The second kappa shape index (κ2) is 4.43. The van der Waals surface area contributed by atoms with Crippen molar-refractivity contribution in [2.75, 3.05) is 0 Å². The molecule has 1 unspecified atom stereocenters. The van der Waals surface area contributed by atoms with Crippen LogP contribution in [0.2, 0.25) is 0 Å². The van der Waals surface area contributed by atoms with Crippen molar-refractivity contribution in [1.29, 1.82) is 0 Å². The quantitative estimate of drug-likeness (QED) is 0.839. The highest BCUT2D eigenvalue weighted by Gasteiger charge is 2.44. The molecule has 1 aromatic carbocycles. The Morgan fingerprint density at radius 3 is 2.29 bits per heavy atom. The lowest BCUT2D eigenvalue weighted by Crippen LogP contribution is -2.52. The van der Waals surface area contributed by atoms with Gasteiger partial charge in [-0.05, 0) is 38.7 Å². The van der Waals surface area contributed by atoms with Gasteiger partial charge in [-0.15, -0.1) is 0 Å². The number of rotatable bonds is 4. The Labute approximate surface area is 104 Å². The SMILES string of the molecule is CC(C)(O)CC(N)C1(c2ccccc2)CCC1. The van der Waals surface area contributed by atoms with Gasteiger partial charge in [0.1, 0.15) is 0 Å². The van der Waals surface area contributed by atoms with E-state index in [-0.39, 0.29) is 11.5 Å². The number of hydrogen-bond acceptors (Lipinski definition) is 2. The van der Waals surface area contributed by atoms with Gasteiger partial charge in [0.05, 0.1) is 5.60 Å². The van der Waals surface area contributed by atoms with Gasteiger partial charge >= 0.3 is 0 Å². The topological polar surface area (TPSA) is 46.2 Å². The minimum Gasteiger partial charge on any atom is -0.390 e. The summed E-state index contributed by atoms with van der Waals surface area (Å²) in [5.41, 5.74) is 7.12. The van der Waals surface area contributed by atoms with Gasteiger partial charge in [0.2, 0.25) is 0 Å². The molecule has 0 aromatic heterocycles. The van der Waals surface area contributed by atoms with Gasteiger partial charge in [-0.1, -0.05) is 36.8 Å². The van der Waals surface area contributed by atoms with E-state index in [1.165, 1.54) is 12.0 Å². The molecular weight excluding hydrogens is 210 g/mol. The summed E-state index contributed by atoms with van der Waals surface area (Å²) in [6, 6.07) is 10.6. The Hall–Kier alpha value is -0.860. The van der Waals surface area contributed by atoms with Crippen molar-refractivity contribution in [3.63, 3.8) is 0 Å². The average Bonchev–Trinajstić information content (AvgIpc) is 2.14. The number of hydrogen-bond donors (Lipinski definition) is 2. The van der Waals surface area contributed by atoms with Crippen LogP contribution in [0.5, 0.6) is 0 Å². The van der Waals surface area contributed by atoms with Crippen molar-refractivity contribution in [2.45, 2.75) is 56.6 Å². The maximum absolute atomic E-state index is 9.94. The van der Waals surface area contributed by atoms with Gasteiger partial charge in [-0.25, -0.2) is 0 Å². The van der Waals surface area contributed by atoms with E-state index in [2.05, 4.69) is 24.3 Å². The number of nitrogens with two attached hydrogens (primary N) is 1. The van der Waals surface area contributed by atoms with Crippen molar-refractivity contribution >= 4 is 0 Å². The zero-order valence-electron chi connectivity index (χ0n) is 10.8. The van der Waals surface area contributed by atoms with Crippen LogP contribution in [0, 0.1) is 0 Å². The smallest absolute Gasteiger partial charge is 0.0606 e. The third kappa shape index (κ3) is 2.53. The number of benzene rings is 1. The van der Waals surface area contributed by atoms with Gasteiger partial charge in [-0.3, -0.25) is 0 Å². The van der Waals surface area contributed by atoms with Crippen molar-refractivity contribution in [1.82, 2.24) is 0 Å². The second-order valence-corrected chi connectivity index (χ2v) is 6.00. The summed E-state index contributed by atoms with van der Waals surface area (Å²) >= 11 is 0. The molecule has 1 aromatic rings. The fraction of sp³-hybridized carbons (Fsp3) is 0.600. The highest BCUT2D eigenvalue weighted by molar-refractivity contribution is 5.30. The molecule has 1 saturated carbocycles. The molecule has 0 saturated heterocycles. The van der Waals surface area contributed by atoms with Gasteiger partial charge in [-0.2, -0.15) is 0 Å². The summed E-state index contributed by atoms with van der Waals surface area (Å²) in [6.45, 7) is 3.68. The highest BCUT2D eigenvalue weighted by Crippen LogP contribution is 2.47. The normalized spacial score (nSPS) is 20.7.